The fraction of sp³-hybridized carbons (Fsp3) is 0.636. The molecule has 0 fully saturated rings. The summed E-state index contributed by atoms with van der Waals surface area (Å²) in [6.07, 6.45) is 3.26. The lowest BCUT2D eigenvalue weighted by molar-refractivity contribution is 0.584. The Morgan fingerprint density at radius 2 is 2.21 bits per heavy atom. The summed E-state index contributed by atoms with van der Waals surface area (Å²) in [6, 6.07) is 0.473. The van der Waals surface area contributed by atoms with Gasteiger partial charge in [-0.25, -0.2) is 9.97 Å². The van der Waals surface area contributed by atoms with Crippen molar-refractivity contribution >= 4 is 0 Å². The molecule has 0 radical (unpaired) electrons. The number of aryl methyl sites for hydroxylation is 3. The van der Waals surface area contributed by atoms with Gasteiger partial charge in [0.1, 0.15) is 5.82 Å². The molecule has 0 saturated carbocycles. The van der Waals surface area contributed by atoms with Crippen LogP contribution in [0.15, 0.2) is 0 Å². The van der Waals surface area contributed by atoms with Crippen LogP contribution >= 0.6 is 0 Å². The quantitative estimate of drug-likeness (QED) is 0.770. The van der Waals surface area contributed by atoms with E-state index >= 15 is 0 Å². The predicted molar refractivity (Wildman–Crippen MR) is 56.3 cm³/mol. The number of nitrogens with zero attached hydrogens (tertiary/aromatic N) is 2. The molecule has 1 aliphatic rings. The minimum atomic E-state index is 0.473. The molecule has 0 aromatic carbocycles. The van der Waals surface area contributed by atoms with E-state index in [0.29, 0.717) is 6.04 Å². The van der Waals surface area contributed by atoms with Gasteiger partial charge in [0.15, 0.2) is 0 Å². The monoisotopic (exact) mass is 191 g/mol. The van der Waals surface area contributed by atoms with Crippen molar-refractivity contribution in [1.82, 2.24) is 15.3 Å². The molecule has 0 spiro atoms. The highest BCUT2D eigenvalue weighted by molar-refractivity contribution is 5.33. The first-order chi connectivity index (χ1) is 6.76. The summed E-state index contributed by atoms with van der Waals surface area (Å²) in [5.41, 5.74) is 3.85. The van der Waals surface area contributed by atoms with Gasteiger partial charge >= 0.3 is 0 Å². The van der Waals surface area contributed by atoms with Crippen LogP contribution in [0.5, 0.6) is 0 Å². The lowest BCUT2D eigenvalue weighted by atomic mass is 10.1. The number of hydrogen-bond acceptors (Lipinski definition) is 3. The third-order valence-electron chi connectivity index (χ3n) is 2.92. The largest absolute Gasteiger partial charge is 0.313 e. The molecule has 1 N–H and O–H groups in total. The van der Waals surface area contributed by atoms with E-state index in [-0.39, 0.29) is 0 Å². The SMILES string of the molecule is CCc1nc(C)nc2c1C(NC)CC2. The van der Waals surface area contributed by atoms with Gasteiger partial charge in [-0.2, -0.15) is 0 Å². The molecule has 1 aliphatic carbocycles. The van der Waals surface area contributed by atoms with Gasteiger partial charge in [-0.15, -0.1) is 0 Å². The second-order valence-corrected chi connectivity index (χ2v) is 3.81. The molecule has 1 aromatic rings. The standard InChI is InChI=1S/C11H17N3/c1-4-8-11-9(12-3)5-6-10(11)14-7(2)13-8/h9,12H,4-6H2,1-3H3. The first-order valence-electron chi connectivity index (χ1n) is 5.29. The van der Waals surface area contributed by atoms with Gasteiger partial charge in [0.2, 0.25) is 0 Å². The van der Waals surface area contributed by atoms with Crippen LogP contribution in [-0.2, 0) is 12.8 Å². The fourth-order valence-electron chi connectivity index (χ4n) is 2.28. The van der Waals surface area contributed by atoms with Gasteiger partial charge in [0.05, 0.1) is 0 Å². The van der Waals surface area contributed by atoms with E-state index in [2.05, 4.69) is 22.2 Å². The van der Waals surface area contributed by atoms with Crippen LogP contribution in [0.2, 0.25) is 0 Å². The number of aromatic nitrogens is 2. The van der Waals surface area contributed by atoms with Crippen molar-refractivity contribution < 1.29 is 0 Å². The molecular weight excluding hydrogens is 174 g/mol. The van der Waals surface area contributed by atoms with Crippen LogP contribution in [-0.4, -0.2) is 17.0 Å². The minimum Gasteiger partial charge on any atom is -0.313 e. The van der Waals surface area contributed by atoms with Crippen molar-refractivity contribution in [3.63, 3.8) is 0 Å². The molecule has 2 rings (SSSR count). The molecular formula is C11H17N3. The van der Waals surface area contributed by atoms with Gasteiger partial charge in [0, 0.05) is 23.0 Å². The molecule has 1 unspecified atom stereocenters. The van der Waals surface area contributed by atoms with E-state index < -0.39 is 0 Å². The molecule has 1 heterocycles. The van der Waals surface area contributed by atoms with Crippen LogP contribution in [0, 0.1) is 6.92 Å². The Kier molecular flexibility index (Phi) is 2.50. The lowest BCUT2D eigenvalue weighted by Crippen LogP contribution is -2.16. The van der Waals surface area contributed by atoms with E-state index in [4.69, 9.17) is 0 Å². The Morgan fingerprint density at radius 1 is 1.43 bits per heavy atom. The molecule has 1 atom stereocenters. The van der Waals surface area contributed by atoms with Crippen LogP contribution in [0.25, 0.3) is 0 Å². The summed E-state index contributed by atoms with van der Waals surface area (Å²) < 4.78 is 0. The zero-order valence-electron chi connectivity index (χ0n) is 9.09. The summed E-state index contributed by atoms with van der Waals surface area (Å²) in [6.45, 7) is 4.14. The maximum absolute atomic E-state index is 4.51. The number of hydrogen-bond donors (Lipinski definition) is 1. The Labute approximate surface area is 85.0 Å². The second kappa shape index (κ2) is 3.65. The average Bonchev–Trinajstić information content (AvgIpc) is 2.59. The second-order valence-electron chi connectivity index (χ2n) is 3.81. The normalized spacial score (nSPS) is 19.8. The molecule has 1 aromatic heterocycles. The zero-order valence-corrected chi connectivity index (χ0v) is 9.09. The van der Waals surface area contributed by atoms with Crippen molar-refractivity contribution in [3.8, 4) is 0 Å². The van der Waals surface area contributed by atoms with Crippen LogP contribution in [0.3, 0.4) is 0 Å². The molecule has 3 heteroatoms. The smallest absolute Gasteiger partial charge is 0.125 e. The van der Waals surface area contributed by atoms with E-state index in [0.717, 1.165) is 25.1 Å². The molecule has 0 saturated heterocycles. The summed E-state index contributed by atoms with van der Waals surface area (Å²) in [5, 5.41) is 3.33. The topological polar surface area (TPSA) is 37.8 Å². The van der Waals surface area contributed by atoms with Gasteiger partial charge < -0.3 is 5.32 Å². The Morgan fingerprint density at radius 3 is 2.86 bits per heavy atom. The minimum absolute atomic E-state index is 0.473. The van der Waals surface area contributed by atoms with Gasteiger partial charge in [-0.1, -0.05) is 6.92 Å². The fourth-order valence-corrected chi connectivity index (χ4v) is 2.28. The molecule has 3 nitrogen and oxygen atoms in total. The summed E-state index contributed by atoms with van der Waals surface area (Å²) in [4.78, 5) is 9.02. The van der Waals surface area contributed by atoms with Crippen molar-refractivity contribution in [2.24, 2.45) is 0 Å². The zero-order chi connectivity index (χ0) is 10.1. The number of rotatable bonds is 2. The maximum Gasteiger partial charge on any atom is 0.125 e. The highest BCUT2D eigenvalue weighted by Crippen LogP contribution is 2.31. The highest BCUT2D eigenvalue weighted by atomic mass is 14.9. The van der Waals surface area contributed by atoms with E-state index in [1.807, 2.05) is 14.0 Å². The first kappa shape index (κ1) is 9.59. The molecule has 0 bridgehead atoms. The Balaban J connectivity index is 2.51. The van der Waals surface area contributed by atoms with Gasteiger partial charge in [-0.3, -0.25) is 0 Å². The van der Waals surface area contributed by atoms with Crippen molar-refractivity contribution in [2.45, 2.75) is 39.2 Å². The van der Waals surface area contributed by atoms with Crippen molar-refractivity contribution in [2.75, 3.05) is 7.05 Å². The predicted octanol–water partition coefficient (Wildman–Crippen LogP) is 1.55. The van der Waals surface area contributed by atoms with Crippen LogP contribution in [0.4, 0.5) is 0 Å². The number of fused-ring (bicyclic) bond motifs is 1. The first-order valence-corrected chi connectivity index (χ1v) is 5.29. The van der Waals surface area contributed by atoms with E-state index in [1.165, 1.54) is 17.0 Å². The van der Waals surface area contributed by atoms with Gasteiger partial charge in [-0.05, 0) is 33.2 Å². The molecule has 0 aliphatic heterocycles. The Hall–Kier alpha value is -0.960. The molecule has 0 amide bonds. The summed E-state index contributed by atoms with van der Waals surface area (Å²) in [7, 11) is 2.01. The van der Waals surface area contributed by atoms with Crippen LogP contribution in [0.1, 0.15) is 42.2 Å². The third-order valence-corrected chi connectivity index (χ3v) is 2.92. The highest BCUT2D eigenvalue weighted by Gasteiger charge is 2.25. The maximum atomic E-state index is 4.51. The number of nitrogens with one attached hydrogen (secondary N) is 1. The van der Waals surface area contributed by atoms with E-state index in [9.17, 15) is 0 Å². The lowest BCUT2D eigenvalue weighted by Gasteiger charge is -2.13. The van der Waals surface area contributed by atoms with Crippen molar-refractivity contribution in [1.29, 1.82) is 0 Å². The van der Waals surface area contributed by atoms with Crippen molar-refractivity contribution in [3.05, 3.63) is 22.8 Å². The summed E-state index contributed by atoms with van der Waals surface area (Å²) in [5.74, 6) is 0.914. The average molecular weight is 191 g/mol. The third kappa shape index (κ3) is 1.42. The van der Waals surface area contributed by atoms with Crippen LogP contribution < -0.4 is 5.32 Å². The molecule has 76 valence electrons. The van der Waals surface area contributed by atoms with E-state index in [1.54, 1.807) is 0 Å². The molecule has 14 heavy (non-hydrogen) atoms. The summed E-state index contributed by atoms with van der Waals surface area (Å²) >= 11 is 0. The van der Waals surface area contributed by atoms with Gasteiger partial charge in [0.25, 0.3) is 0 Å². The Bertz CT molecular complexity index is 347.